The Hall–Kier alpha value is -1.09. The molecular formula is C8H10O3. The number of hydrogen-bond donors (Lipinski definition) is 0. The largest absolute Gasteiger partial charge is 0.493 e. The molecule has 0 amide bonds. The lowest BCUT2D eigenvalue weighted by molar-refractivity contribution is -0.114. The van der Waals surface area contributed by atoms with Crippen molar-refractivity contribution in [2.24, 2.45) is 0 Å². The highest BCUT2D eigenvalue weighted by atomic mass is 16.5. The molecule has 0 aromatic rings. The van der Waals surface area contributed by atoms with Gasteiger partial charge < -0.3 is 9.47 Å². The molecule has 1 rings (SSSR count). The summed E-state index contributed by atoms with van der Waals surface area (Å²) in [7, 11) is 3.05. The van der Waals surface area contributed by atoms with E-state index >= 15 is 0 Å². The average Bonchev–Trinajstić information content (AvgIpc) is 2.05. The summed E-state index contributed by atoms with van der Waals surface area (Å²) in [4.78, 5) is 11.0. The van der Waals surface area contributed by atoms with Crippen molar-refractivity contribution in [3.63, 3.8) is 0 Å². The van der Waals surface area contributed by atoms with Crippen LogP contribution in [0.15, 0.2) is 24.0 Å². The Kier molecular flexibility index (Phi) is 2.44. The highest BCUT2D eigenvalue weighted by Crippen LogP contribution is 2.10. The van der Waals surface area contributed by atoms with Crippen molar-refractivity contribution in [3.8, 4) is 0 Å². The first-order chi connectivity index (χ1) is 5.27. The fourth-order valence-corrected chi connectivity index (χ4v) is 0.866. The van der Waals surface area contributed by atoms with E-state index in [2.05, 4.69) is 0 Å². The summed E-state index contributed by atoms with van der Waals surface area (Å²) in [6.45, 7) is 0. The summed E-state index contributed by atoms with van der Waals surface area (Å²) >= 11 is 0. The van der Waals surface area contributed by atoms with E-state index in [0.717, 1.165) is 0 Å². The van der Waals surface area contributed by atoms with Crippen LogP contribution in [-0.4, -0.2) is 26.1 Å². The molecule has 0 spiro atoms. The highest BCUT2D eigenvalue weighted by Gasteiger charge is 2.14. The fraction of sp³-hybridized carbons (Fsp3) is 0.375. The number of allylic oxidation sites excluding steroid dienone is 1. The first-order valence-corrected chi connectivity index (χ1v) is 3.29. The molecule has 3 heteroatoms. The zero-order chi connectivity index (χ0) is 8.27. The molecule has 0 aliphatic heterocycles. The van der Waals surface area contributed by atoms with Crippen LogP contribution in [0, 0.1) is 0 Å². The van der Waals surface area contributed by atoms with Gasteiger partial charge in [-0.1, -0.05) is 0 Å². The van der Waals surface area contributed by atoms with Crippen molar-refractivity contribution < 1.29 is 14.3 Å². The van der Waals surface area contributed by atoms with Gasteiger partial charge in [-0.05, 0) is 18.2 Å². The molecule has 0 saturated heterocycles. The fourth-order valence-electron chi connectivity index (χ4n) is 0.866. The van der Waals surface area contributed by atoms with Crippen molar-refractivity contribution in [1.29, 1.82) is 0 Å². The van der Waals surface area contributed by atoms with Gasteiger partial charge in [-0.15, -0.1) is 0 Å². The molecule has 0 aromatic heterocycles. The van der Waals surface area contributed by atoms with Crippen molar-refractivity contribution in [2.75, 3.05) is 14.2 Å². The molecular weight excluding hydrogens is 144 g/mol. The van der Waals surface area contributed by atoms with E-state index in [9.17, 15) is 4.79 Å². The van der Waals surface area contributed by atoms with Gasteiger partial charge in [-0.25, -0.2) is 0 Å². The van der Waals surface area contributed by atoms with Crippen molar-refractivity contribution in [3.05, 3.63) is 24.0 Å². The van der Waals surface area contributed by atoms with Gasteiger partial charge in [0.25, 0.3) is 0 Å². The summed E-state index contributed by atoms with van der Waals surface area (Å²) < 4.78 is 9.79. The molecule has 0 radical (unpaired) electrons. The Morgan fingerprint density at radius 2 is 2.18 bits per heavy atom. The van der Waals surface area contributed by atoms with Crippen molar-refractivity contribution in [2.45, 2.75) is 6.10 Å². The summed E-state index contributed by atoms with van der Waals surface area (Å²) in [6.07, 6.45) is 4.64. The number of carbonyl (C=O) groups is 1. The normalized spacial score (nSPS) is 23.3. The minimum atomic E-state index is -0.136. The van der Waals surface area contributed by atoms with Crippen LogP contribution in [0.5, 0.6) is 0 Å². The summed E-state index contributed by atoms with van der Waals surface area (Å²) in [5.41, 5.74) is 0. The van der Waals surface area contributed by atoms with Gasteiger partial charge >= 0.3 is 0 Å². The maximum atomic E-state index is 11.0. The molecule has 0 heterocycles. The van der Waals surface area contributed by atoms with E-state index in [0.29, 0.717) is 5.76 Å². The Morgan fingerprint density at radius 1 is 1.45 bits per heavy atom. The Bertz CT molecular complexity index is 215. The molecule has 3 nitrogen and oxygen atoms in total. The Morgan fingerprint density at radius 3 is 2.73 bits per heavy atom. The van der Waals surface area contributed by atoms with E-state index in [1.807, 2.05) is 0 Å². The maximum Gasteiger partial charge on any atom is 0.219 e. The van der Waals surface area contributed by atoms with E-state index < -0.39 is 0 Å². The number of rotatable bonds is 2. The van der Waals surface area contributed by atoms with Gasteiger partial charge in [-0.3, -0.25) is 4.79 Å². The van der Waals surface area contributed by atoms with Crippen LogP contribution in [0.4, 0.5) is 0 Å². The SMILES string of the molecule is COC1=CC(OC)C=CC1=O. The lowest BCUT2D eigenvalue weighted by Gasteiger charge is -2.12. The van der Waals surface area contributed by atoms with Crippen LogP contribution in [0.2, 0.25) is 0 Å². The third kappa shape index (κ3) is 1.68. The number of ether oxygens (including phenoxy) is 2. The molecule has 0 N–H and O–H groups in total. The van der Waals surface area contributed by atoms with Crippen LogP contribution in [0.1, 0.15) is 0 Å². The van der Waals surface area contributed by atoms with E-state index in [1.54, 1.807) is 19.3 Å². The third-order valence-corrected chi connectivity index (χ3v) is 1.49. The quantitative estimate of drug-likeness (QED) is 0.586. The van der Waals surface area contributed by atoms with Gasteiger partial charge in [0.2, 0.25) is 5.78 Å². The predicted molar refractivity (Wildman–Crippen MR) is 40.0 cm³/mol. The molecule has 1 unspecified atom stereocenters. The summed E-state index contributed by atoms with van der Waals surface area (Å²) in [6, 6.07) is 0. The van der Waals surface area contributed by atoms with Crippen LogP contribution in [0.3, 0.4) is 0 Å². The van der Waals surface area contributed by atoms with Gasteiger partial charge in [0.15, 0.2) is 5.76 Å². The van der Waals surface area contributed by atoms with Gasteiger partial charge in [0.05, 0.1) is 13.2 Å². The van der Waals surface area contributed by atoms with Crippen molar-refractivity contribution >= 4 is 5.78 Å². The number of carbonyl (C=O) groups excluding carboxylic acids is 1. The third-order valence-electron chi connectivity index (χ3n) is 1.49. The minimum absolute atomic E-state index is 0.110. The highest BCUT2D eigenvalue weighted by molar-refractivity contribution is 6.03. The first kappa shape index (κ1) is 8.01. The van der Waals surface area contributed by atoms with E-state index in [4.69, 9.17) is 9.47 Å². The van der Waals surface area contributed by atoms with Crippen LogP contribution < -0.4 is 0 Å². The lowest BCUT2D eigenvalue weighted by Crippen LogP contribution is -2.14. The van der Waals surface area contributed by atoms with Crippen molar-refractivity contribution in [1.82, 2.24) is 0 Å². The van der Waals surface area contributed by atoms with Crippen LogP contribution in [0.25, 0.3) is 0 Å². The van der Waals surface area contributed by atoms with Gasteiger partial charge in [-0.2, -0.15) is 0 Å². The molecule has 0 aromatic carbocycles. The molecule has 0 bridgehead atoms. The smallest absolute Gasteiger partial charge is 0.219 e. The number of hydrogen-bond acceptors (Lipinski definition) is 3. The lowest BCUT2D eigenvalue weighted by atomic mass is 10.1. The molecule has 1 atom stereocenters. The monoisotopic (exact) mass is 154 g/mol. The topological polar surface area (TPSA) is 35.5 Å². The first-order valence-electron chi connectivity index (χ1n) is 3.29. The maximum absolute atomic E-state index is 11.0. The second-order valence-electron chi connectivity index (χ2n) is 2.16. The second-order valence-corrected chi connectivity index (χ2v) is 2.16. The molecule has 60 valence electrons. The number of methoxy groups -OCH3 is 2. The molecule has 0 fully saturated rings. The van der Waals surface area contributed by atoms with Gasteiger partial charge in [0.1, 0.15) is 0 Å². The molecule has 0 saturated carbocycles. The van der Waals surface area contributed by atoms with Crippen LogP contribution >= 0.6 is 0 Å². The average molecular weight is 154 g/mol. The van der Waals surface area contributed by atoms with Gasteiger partial charge in [0, 0.05) is 7.11 Å². The predicted octanol–water partition coefficient (Wildman–Crippen LogP) is 0.671. The van der Waals surface area contributed by atoms with E-state index in [1.165, 1.54) is 13.2 Å². The van der Waals surface area contributed by atoms with E-state index in [-0.39, 0.29) is 11.9 Å². The minimum Gasteiger partial charge on any atom is -0.493 e. The summed E-state index contributed by atoms with van der Waals surface area (Å²) in [5, 5.41) is 0. The zero-order valence-electron chi connectivity index (χ0n) is 6.53. The molecule has 1 aliphatic carbocycles. The molecule has 1 aliphatic rings. The zero-order valence-corrected chi connectivity index (χ0v) is 6.53. The number of ketones is 1. The summed E-state index contributed by atoms with van der Waals surface area (Å²) in [5.74, 6) is 0.236. The Labute approximate surface area is 65.3 Å². The van der Waals surface area contributed by atoms with Crippen LogP contribution in [-0.2, 0) is 14.3 Å². The standard InChI is InChI=1S/C8H10O3/c1-10-6-3-4-7(9)8(5-6)11-2/h3-6H,1-2H3. The second kappa shape index (κ2) is 3.34. The Balaban J connectivity index is 2.75. The molecule has 11 heavy (non-hydrogen) atoms.